The summed E-state index contributed by atoms with van der Waals surface area (Å²) in [5.74, 6) is 0.519. The second-order valence-corrected chi connectivity index (χ2v) is 11.4. The van der Waals surface area contributed by atoms with Crippen LogP contribution in [0.1, 0.15) is 105 Å². The van der Waals surface area contributed by atoms with Crippen molar-refractivity contribution in [2.24, 2.45) is 13.0 Å². The molecule has 1 atom stereocenters. The molecular weight excluding hydrogens is 508 g/mol. The normalized spacial score (nSPS) is 12.8. The molecule has 0 fully saturated rings. The third kappa shape index (κ3) is 12.1. The van der Waals surface area contributed by atoms with E-state index in [0.717, 1.165) is 19.3 Å². The number of carbonyl (C=O) groups is 1. The van der Waals surface area contributed by atoms with Crippen molar-refractivity contribution in [3.05, 3.63) is 30.6 Å². The number of unbranched alkanes of at least 4 members (excludes halogenated alkanes) is 9. The van der Waals surface area contributed by atoms with Crippen molar-refractivity contribution in [3.63, 3.8) is 0 Å². The first kappa shape index (κ1) is 32.9. The summed E-state index contributed by atoms with van der Waals surface area (Å²) in [6.45, 7) is 9.07. The summed E-state index contributed by atoms with van der Waals surface area (Å²) >= 11 is 1.38. The van der Waals surface area contributed by atoms with Crippen molar-refractivity contribution in [2.75, 3.05) is 13.2 Å². The Hall–Kier alpha value is -2.35. The second kappa shape index (κ2) is 19.7. The van der Waals surface area contributed by atoms with Gasteiger partial charge >= 0.3 is 5.97 Å². The molecule has 0 N–H and O–H groups in total. The quantitative estimate of drug-likeness (QED) is 0.0502. The summed E-state index contributed by atoms with van der Waals surface area (Å²) in [6.07, 6.45) is 25.4. The molecule has 2 rings (SSSR count). The molecule has 0 aromatic carbocycles. The minimum Gasteiger partial charge on any atom is -0.476 e. The molecule has 0 aliphatic carbocycles. The van der Waals surface area contributed by atoms with E-state index in [1.165, 1.54) is 75.9 Å². The van der Waals surface area contributed by atoms with E-state index < -0.39 is 0 Å². The zero-order valence-corrected chi connectivity index (χ0v) is 25.7. The monoisotopic (exact) mass is 558 g/mol. The molecular formula is C31H50N4O3S. The number of aromatic nitrogens is 4. The van der Waals surface area contributed by atoms with Crippen LogP contribution in [0.2, 0.25) is 0 Å². The minimum atomic E-state index is -0.354. The van der Waals surface area contributed by atoms with Crippen LogP contribution in [0.5, 0.6) is 5.88 Å². The van der Waals surface area contributed by atoms with E-state index in [0.29, 0.717) is 35.2 Å². The molecule has 8 heteroatoms. The van der Waals surface area contributed by atoms with Crippen molar-refractivity contribution in [1.29, 1.82) is 0 Å². The fourth-order valence-electron chi connectivity index (χ4n) is 4.27. The highest BCUT2D eigenvalue weighted by molar-refractivity contribution is 8.00. The van der Waals surface area contributed by atoms with Gasteiger partial charge in [0.05, 0.1) is 13.2 Å². The Balaban J connectivity index is 1.68. The summed E-state index contributed by atoms with van der Waals surface area (Å²) in [7, 11) is 1.86. The van der Waals surface area contributed by atoms with Crippen LogP contribution in [0.25, 0.3) is 11.0 Å². The number of aryl methyl sites for hydroxylation is 1. The summed E-state index contributed by atoms with van der Waals surface area (Å²) in [6, 6.07) is 0. The smallest absolute Gasteiger partial charge is 0.319 e. The summed E-state index contributed by atoms with van der Waals surface area (Å²) in [5, 5.41) is 4.93. The molecule has 2 aromatic rings. The first-order valence-corrected chi connectivity index (χ1v) is 15.8. The molecule has 0 saturated carbocycles. The summed E-state index contributed by atoms with van der Waals surface area (Å²) < 4.78 is 13.1. The standard InChI is InChI=1S/C31H50N4O3S/c1-6-8-9-10-11-12-13-14-15-16-17-18-19-20-21-22-23-38-30-27-26(34-35(30)5)29(33-24-32-27)39-28(25(3)4)31(36)37-7-2/h11-12,14-15,24-25,28H,6-10,13,16-23H2,1-5H3/b12-11-,15-14-. The van der Waals surface area contributed by atoms with Crippen molar-refractivity contribution >= 4 is 28.8 Å². The van der Waals surface area contributed by atoms with E-state index >= 15 is 0 Å². The SMILES string of the molecule is CCCCC/C=C\C/C=C\CCCCCCCCOc1c2ncnc(SC(C(=O)OCC)C(C)C)c2nn1C. The summed E-state index contributed by atoms with van der Waals surface area (Å²) in [5.41, 5.74) is 1.34. The molecule has 0 saturated heterocycles. The average Bonchev–Trinajstić information content (AvgIpc) is 3.24. The van der Waals surface area contributed by atoms with Gasteiger partial charge in [0.25, 0.3) is 0 Å². The van der Waals surface area contributed by atoms with Crippen LogP contribution >= 0.6 is 11.8 Å². The van der Waals surface area contributed by atoms with Gasteiger partial charge in [-0.15, -0.1) is 0 Å². The number of allylic oxidation sites excluding steroid dienone is 4. The maximum atomic E-state index is 12.4. The van der Waals surface area contributed by atoms with Crippen LogP contribution in [-0.2, 0) is 16.6 Å². The van der Waals surface area contributed by atoms with Gasteiger partial charge in [0.15, 0.2) is 5.52 Å². The van der Waals surface area contributed by atoms with Gasteiger partial charge in [0.2, 0.25) is 5.88 Å². The Morgan fingerprint density at radius 2 is 1.59 bits per heavy atom. The number of esters is 1. The fraction of sp³-hybridized carbons (Fsp3) is 0.677. The predicted molar refractivity (Wildman–Crippen MR) is 162 cm³/mol. The van der Waals surface area contributed by atoms with Gasteiger partial charge in [-0.1, -0.05) is 95.4 Å². The first-order valence-electron chi connectivity index (χ1n) is 14.9. The first-order chi connectivity index (χ1) is 19.0. The third-order valence-corrected chi connectivity index (χ3v) is 7.99. The maximum Gasteiger partial charge on any atom is 0.319 e. The van der Waals surface area contributed by atoms with E-state index in [2.05, 4.69) is 46.3 Å². The molecule has 2 aromatic heterocycles. The molecule has 1 unspecified atom stereocenters. The van der Waals surface area contributed by atoms with Crippen LogP contribution in [0.15, 0.2) is 35.7 Å². The van der Waals surface area contributed by atoms with Crippen LogP contribution in [0.4, 0.5) is 0 Å². The lowest BCUT2D eigenvalue weighted by atomic mass is 10.1. The molecule has 218 valence electrons. The average molecular weight is 559 g/mol. The summed E-state index contributed by atoms with van der Waals surface area (Å²) in [4.78, 5) is 21.3. The second-order valence-electron chi connectivity index (χ2n) is 10.3. The van der Waals surface area contributed by atoms with Crippen LogP contribution in [0.3, 0.4) is 0 Å². The molecule has 0 bridgehead atoms. The zero-order chi connectivity index (χ0) is 28.3. The molecule has 0 radical (unpaired) electrons. The van der Waals surface area contributed by atoms with Crippen molar-refractivity contribution in [1.82, 2.24) is 19.7 Å². The molecule has 2 heterocycles. The Labute approximate surface area is 240 Å². The van der Waals surface area contributed by atoms with Crippen LogP contribution < -0.4 is 4.74 Å². The van der Waals surface area contributed by atoms with E-state index in [4.69, 9.17) is 9.47 Å². The highest BCUT2D eigenvalue weighted by Crippen LogP contribution is 2.34. The Morgan fingerprint density at radius 3 is 2.26 bits per heavy atom. The molecule has 0 aliphatic heterocycles. The van der Waals surface area contributed by atoms with Crippen molar-refractivity contribution in [2.45, 2.75) is 115 Å². The van der Waals surface area contributed by atoms with E-state index in [1.54, 1.807) is 4.68 Å². The van der Waals surface area contributed by atoms with E-state index in [-0.39, 0.29) is 17.1 Å². The number of thioether (sulfide) groups is 1. The number of carbonyl (C=O) groups excluding carboxylic acids is 1. The van der Waals surface area contributed by atoms with Crippen LogP contribution in [-0.4, -0.2) is 44.2 Å². The fourth-order valence-corrected chi connectivity index (χ4v) is 5.30. The van der Waals surface area contributed by atoms with Gasteiger partial charge in [0, 0.05) is 7.05 Å². The zero-order valence-electron chi connectivity index (χ0n) is 24.9. The number of rotatable bonds is 21. The van der Waals surface area contributed by atoms with E-state index in [9.17, 15) is 4.79 Å². The molecule has 7 nitrogen and oxygen atoms in total. The van der Waals surface area contributed by atoms with Gasteiger partial charge in [0.1, 0.15) is 22.1 Å². The highest BCUT2D eigenvalue weighted by atomic mass is 32.2. The minimum absolute atomic E-state index is 0.0993. The Kier molecular flexibility index (Phi) is 16.6. The van der Waals surface area contributed by atoms with Gasteiger partial charge in [-0.05, 0) is 51.4 Å². The van der Waals surface area contributed by atoms with Crippen molar-refractivity contribution < 1.29 is 14.3 Å². The van der Waals surface area contributed by atoms with Crippen LogP contribution in [0, 0.1) is 5.92 Å². The topological polar surface area (TPSA) is 79.1 Å². The Bertz CT molecular complexity index is 1020. The predicted octanol–water partition coefficient (Wildman–Crippen LogP) is 8.24. The van der Waals surface area contributed by atoms with Gasteiger partial charge in [-0.2, -0.15) is 5.10 Å². The lowest BCUT2D eigenvalue weighted by molar-refractivity contribution is -0.143. The molecule has 39 heavy (non-hydrogen) atoms. The molecule has 0 spiro atoms. The number of fused-ring (bicyclic) bond motifs is 1. The third-order valence-electron chi connectivity index (χ3n) is 6.48. The van der Waals surface area contributed by atoms with Gasteiger partial charge in [-0.3, -0.25) is 4.79 Å². The maximum absolute atomic E-state index is 12.4. The highest BCUT2D eigenvalue weighted by Gasteiger charge is 2.27. The number of ether oxygens (including phenoxy) is 2. The van der Waals surface area contributed by atoms with Gasteiger partial charge in [-0.25, -0.2) is 14.6 Å². The largest absolute Gasteiger partial charge is 0.476 e. The van der Waals surface area contributed by atoms with E-state index in [1.807, 2.05) is 27.8 Å². The molecule has 0 aliphatic rings. The number of hydrogen-bond acceptors (Lipinski definition) is 7. The lowest BCUT2D eigenvalue weighted by Gasteiger charge is -2.17. The number of nitrogens with zero attached hydrogens (tertiary/aromatic N) is 4. The molecule has 0 amide bonds. The Morgan fingerprint density at radius 1 is 0.923 bits per heavy atom. The van der Waals surface area contributed by atoms with Crippen molar-refractivity contribution in [3.8, 4) is 5.88 Å². The lowest BCUT2D eigenvalue weighted by Crippen LogP contribution is -2.25. The number of hydrogen-bond donors (Lipinski definition) is 0. The van der Waals surface area contributed by atoms with Gasteiger partial charge < -0.3 is 9.47 Å².